The van der Waals surface area contributed by atoms with Crippen molar-refractivity contribution in [3.8, 4) is 0 Å². The van der Waals surface area contributed by atoms with E-state index in [-0.39, 0.29) is 17.3 Å². The van der Waals surface area contributed by atoms with E-state index in [1.165, 1.54) is 17.8 Å². The summed E-state index contributed by atoms with van der Waals surface area (Å²) >= 11 is 7.59. The van der Waals surface area contributed by atoms with Gasteiger partial charge in [-0.3, -0.25) is 9.36 Å². The molecule has 0 bridgehead atoms. The topological polar surface area (TPSA) is 74.3 Å². The zero-order valence-electron chi connectivity index (χ0n) is 18.4. The minimum Gasteiger partial charge on any atom is -0.422 e. The number of hydrogen-bond acceptors (Lipinski definition) is 6. The fourth-order valence-corrected chi connectivity index (χ4v) is 5.39. The molecule has 1 unspecified atom stereocenters. The van der Waals surface area contributed by atoms with E-state index in [1.54, 1.807) is 22.8 Å². The molecule has 3 heterocycles. The van der Waals surface area contributed by atoms with Gasteiger partial charge >= 0.3 is 5.63 Å². The highest BCUT2D eigenvalue weighted by Gasteiger charge is 2.21. The molecular formula is C25H23ClN2O4S. The monoisotopic (exact) mass is 482 g/mol. The van der Waals surface area contributed by atoms with Crippen LogP contribution in [0.3, 0.4) is 0 Å². The highest BCUT2D eigenvalue weighted by atomic mass is 35.5. The lowest BCUT2D eigenvalue weighted by Crippen LogP contribution is -2.28. The molecule has 5 rings (SSSR count). The lowest BCUT2D eigenvalue weighted by molar-refractivity contribution is 0.0937. The summed E-state index contributed by atoms with van der Waals surface area (Å²) in [6, 6.07) is 10.6. The first kappa shape index (κ1) is 22.2. The van der Waals surface area contributed by atoms with E-state index in [9.17, 15) is 9.59 Å². The van der Waals surface area contributed by atoms with E-state index in [0.29, 0.717) is 45.6 Å². The predicted molar refractivity (Wildman–Crippen MR) is 132 cm³/mol. The molecule has 8 heteroatoms. The Morgan fingerprint density at radius 3 is 2.76 bits per heavy atom. The SMILES string of the molecule is Cc1ccc2c(CSc3nc4cc(Cl)ccc4c(=O)n3CC3CCCO3)cc(=O)oc2c1C. The fourth-order valence-electron chi connectivity index (χ4n) is 4.22. The maximum Gasteiger partial charge on any atom is 0.336 e. The third kappa shape index (κ3) is 4.33. The van der Waals surface area contributed by atoms with Crippen LogP contribution < -0.4 is 11.2 Å². The number of ether oxygens (including phenoxy) is 1. The number of rotatable bonds is 5. The Bertz CT molecular complexity index is 1490. The smallest absolute Gasteiger partial charge is 0.336 e. The van der Waals surface area contributed by atoms with Gasteiger partial charge in [-0.1, -0.05) is 35.5 Å². The first-order chi connectivity index (χ1) is 15.9. The van der Waals surface area contributed by atoms with Gasteiger partial charge in [0.15, 0.2) is 5.16 Å². The second-order valence-corrected chi connectivity index (χ2v) is 9.75. The maximum absolute atomic E-state index is 13.4. The van der Waals surface area contributed by atoms with Gasteiger partial charge in [0.2, 0.25) is 0 Å². The molecule has 2 aromatic carbocycles. The second kappa shape index (κ2) is 8.97. The van der Waals surface area contributed by atoms with E-state index in [1.807, 2.05) is 26.0 Å². The molecule has 4 aromatic rings. The number of aromatic nitrogens is 2. The summed E-state index contributed by atoms with van der Waals surface area (Å²) in [6.45, 7) is 5.10. The minimum absolute atomic E-state index is 0.0103. The highest BCUT2D eigenvalue weighted by molar-refractivity contribution is 7.98. The Kier molecular flexibility index (Phi) is 6.03. The zero-order chi connectivity index (χ0) is 23.1. The molecule has 0 spiro atoms. The van der Waals surface area contributed by atoms with Crippen LogP contribution in [-0.2, 0) is 17.0 Å². The summed E-state index contributed by atoms with van der Waals surface area (Å²) < 4.78 is 13.0. The Hall–Kier alpha value is -2.61. The number of halogens is 1. The van der Waals surface area contributed by atoms with E-state index in [4.69, 9.17) is 25.7 Å². The van der Waals surface area contributed by atoms with Crippen molar-refractivity contribution in [3.63, 3.8) is 0 Å². The van der Waals surface area contributed by atoms with Gasteiger partial charge in [-0.15, -0.1) is 0 Å². The largest absolute Gasteiger partial charge is 0.422 e. The average molecular weight is 483 g/mol. The Labute approximate surface area is 199 Å². The van der Waals surface area contributed by atoms with Crippen molar-refractivity contribution >= 4 is 45.2 Å². The van der Waals surface area contributed by atoms with Gasteiger partial charge in [-0.2, -0.15) is 0 Å². The molecule has 170 valence electrons. The van der Waals surface area contributed by atoms with Crippen molar-refractivity contribution in [3.05, 3.63) is 78.9 Å². The number of thioether (sulfide) groups is 1. The van der Waals surface area contributed by atoms with E-state index in [2.05, 4.69) is 0 Å². The van der Waals surface area contributed by atoms with E-state index >= 15 is 0 Å². The fraction of sp³-hybridized carbons (Fsp3) is 0.320. The van der Waals surface area contributed by atoms with Crippen LogP contribution in [0.1, 0.15) is 29.5 Å². The molecule has 0 N–H and O–H groups in total. The van der Waals surface area contributed by atoms with Gasteiger partial charge in [0, 0.05) is 28.8 Å². The third-order valence-corrected chi connectivity index (χ3v) is 7.43. The average Bonchev–Trinajstić information content (AvgIpc) is 3.30. The number of benzene rings is 2. The van der Waals surface area contributed by atoms with Gasteiger partial charge in [-0.05, 0) is 61.6 Å². The van der Waals surface area contributed by atoms with Crippen LogP contribution in [0.2, 0.25) is 5.02 Å². The van der Waals surface area contributed by atoms with Gasteiger partial charge in [0.05, 0.1) is 23.6 Å². The zero-order valence-corrected chi connectivity index (χ0v) is 20.0. The van der Waals surface area contributed by atoms with Crippen molar-refractivity contribution in [2.75, 3.05) is 6.61 Å². The van der Waals surface area contributed by atoms with Crippen molar-refractivity contribution in [1.82, 2.24) is 9.55 Å². The molecule has 0 aliphatic carbocycles. The highest BCUT2D eigenvalue weighted by Crippen LogP contribution is 2.29. The summed E-state index contributed by atoms with van der Waals surface area (Å²) in [5.74, 6) is 0.467. The van der Waals surface area contributed by atoms with Crippen LogP contribution in [-0.4, -0.2) is 22.3 Å². The summed E-state index contributed by atoms with van der Waals surface area (Å²) in [6.07, 6.45) is 1.89. The van der Waals surface area contributed by atoms with Crippen molar-refractivity contribution in [2.24, 2.45) is 0 Å². The van der Waals surface area contributed by atoms with Crippen molar-refractivity contribution in [2.45, 2.75) is 50.2 Å². The lowest BCUT2D eigenvalue weighted by Gasteiger charge is -2.17. The molecule has 1 atom stereocenters. The minimum atomic E-state index is -0.387. The van der Waals surface area contributed by atoms with Crippen LogP contribution in [0.25, 0.3) is 21.9 Å². The molecular weight excluding hydrogens is 460 g/mol. The summed E-state index contributed by atoms with van der Waals surface area (Å²) in [4.78, 5) is 30.4. The Morgan fingerprint density at radius 1 is 1.15 bits per heavy atom. The molecule has 2 aromatic heterocycles. The molecule has 0 radical (unpaired) electrons. The van der Waals surface area contributed by atoms with Gasteiger partial charge in [0.1, 0.15) is 5.58 Å². The molecule has 0 saturated carbocycles. The summed E-state index contributed by atoms with van der Waals surface area (Å²) in [5, 5.41) is 2.52. The first-order valence-corrected chi connectivity index (χ1v) is 12.2. The summed E-state index contributed by atoms with van der Waals surface area (Å²) in [7, 11) is 0. The molecule has 1 fully saturated rings. The van der Waals surface area contributed by atoms with Gasteiger partial charge in [-0.25, -0.2) is 9.78 Å². The quantitative estimate of drug-likeness (QED) is 0.220. The Morgan fingerprint density at radius 2 is 1.97 bits per heavy atom. The van der Waals surface area contributed by atoms with Gasteiger partial charge in [0.25, 0.3) is 5.56 Å². The number of aryl methyl sites for hydroxylation is 2. The number of nitrogens with zero attached hydrogens (tertiary/aromatic N) is 2. The molecule has 1 aliphatic heterocycles. The van der Waals surface area contributed by atoms with Gasteiger partial charge < -0.3 is 9.15 Å². The third-order valence-electron chi connectivity index (χ3n) is 6.17. The first-order valence-electron chi connectivity index (χ1n) is 10.9. The lowest BCUT2D eigenvalue weighted by atomic mass is 10.0. The van der Waals surface area contributed by atoms with Crippen LogP contribution >= 0.6 is 23.4 Å². The predicted octanol–water partition coefficient (Wildman–Crippen LogP) is 5.24. The number of fused-ring (bicyclic) bond motifs is 2. The van der Waals surface area contributed by atoms with Crippen LogP contribution in [0.4, 0.5) is 0 Å². The molecule has 1 aliphatic rings. The normalized spacial score (nSPS) is 16.2. The summed E-state index contributed by atoms with van der Waals surface area (Å²) in [5.41, 5.74) is 3.52. The number of hydrogen-bond donors (Lipinski definition) is 0. The maximum atomic E-state index is 13.4. The van der Waals surface area contributed by atoms with E-state index < -0.39 is 0 Å². The molecule has 0 amide bonds. The van der Waals surface area contributed by atoms with Crippen LogP contribution in [0.5, 0.6) is 0 Å². The standard InChI is InChI=1S/C25H23ClN2O4S/c1-14-5-7-19-16(10-22(29)32-23(19)15(14)2)13-33-25-27-21-11-17(26)6-8-20(21)24(30)28(25)12-18-4-3-9-31-18/h5-8,10-11,18H,3-4,9,12-13H2,1-2H3. The van der Waals surface area contributed by atoms with Crippen LogP contribution in [0, 0.1) is 13.8 Å². The van der Waals surface area contributed by atoms with Crippen molar-refractivity contribution < 1.29 is 9.15 Å². The Balaban J connectivity index is 1.58. The molecule has 6 nitrogen and oxygen atoms in total. The van der Waals surface area contributed by atoms with E-state index in [0.717, 1.165) is 34.9 Å². The van der Waals surface area contributed by atoms with Crippen LogP contribution in [0.15, 0.2) is 55.6 Å². The molecule has 33 heavy (non-hydrogen) atoms. The second-order valence-electron chi connectivity index (χ2n) is 8.37. The van der Waals surface area contributed by atoms with Crippen molar-refractivity contribution in [1.29, 1.82) is 0 Å². The molecule has 1 saturated heterocycles.